The van der Waals surface area contributed by atoms with Crippen molar-refractivity contribution in [2.75, 3.05) is 18.6 Å². The summed E-state index contributed by atoms with van der Waals surface area (Å²) in [4.78, 5) is 26.4. The largest absolute Gasteiger partial charge is 0.497 e. The number of fused-ring (bicyclic) bond motifs is 1. The molecule has 0 bridgehead atoms. The van der Waals surface area contributed by atoms with Crippen LogP contribution in [-0.2, 0) is 17.6 Å². The normalized spacial score (nSPS) is 21.0. The Labute approximate surface area is 161 Å². The van der Waals surface area contributed by atoms with E-state index in [0.29, 0.717) is 43.5 Å². The average molecular weight is 384 g/mol. The molecule has 1 heterocycles. The van der Waals surface area contributed by atoms with Gasteiger partial charge in [-0.15, -0.1) is 0 Å². The molecule has 1 saturated heterocycles. The number of methoxy groups -OCH3 is 1. The molecule has 2 N–H and O–H groups in total. The van der Waals surface area contributed by atoms with E-state index in [1.165, 1.54) is 18.1 Å². The van der Waals surface area contributed by atoms with Crippen molar-refractivity contribution in [1.82, 2.24) is 5.48 Å². The van der Waals surface area contributed by atoms with Gasteiger partial charge in [0, 0.05) is 18.2 Å². The molecule has 7 heteroatoms. The maximum absolute atomic E-state index is 14.5. The van der Waals surface area contributed by atoms with Crippen LogP contribution in [0, 0.1) is 11.2 Å². The maximum Gasteiger partial charge on any atom is 0.274 e. The first kappa shape index (κ1) is 18.4. The molecule has 0 saturated carbocycles. The molecule has 1 fully saturated rings. The molecule has 1 atom stereocenters. The first-order valence-electron chi connectivity index (χ1n) is 9.19. The summed E-state index contributed by atoms with van der Waals surface area (Å²) in [5.74, 6) is -0.668. The number of rotatable bonds is 3. The van der Waals surface area contributed by atoms with Crippen molar-refractivity contribution >= 4 is 17.5 Å². The number of amides is 2. The van der Waals surface area contributed by atoms with Gasteiger partial charge in [0.25, 0.3) is 5.91 Å². The lowest BCUT2D eigenvalue weighted by molar-refractivity contribution is -0.126. The molecule has 2 aromatic rings. The van der Waals surface area contributed by atoms with Gasteiger partial charge in [-0.25, -0.2) is 9.87 Å². The van der Waals surface area contributed by atoms with Crippen LogP contribution in [-0.4, -0.2) is 30.7 Å². The van der Waals surface area contributed by atoms with Crippen LogP contribution in [0.2, 0.25) is 0 Å². The molecule has 1 aliphatic carbocycles. The van der Waals surface area contributed by atoms with Crippen molar-refractivity contribution < 1.29 is 23.9 Å². The topological polar surface area (TPSA) is 78.9 Å². The van der Waals surface area contributed by atoms with Crippen LogP contribution in [0.15, 0.2) is 36.4 Å². The van der Waals surface area contributed by atoms with E-state index in [2.05, 4.69) is 0 Å². The van der Waals surface area contributed by atoms with Gasteiger partial charge in [0.05, 0.1) is 18.2 Å². The highest BCUT2D eigenvalue weighted by Crippen LogP contribution is 2.45. The summed E-state index contributed by atoms with van der Waals surface area (Å²) >= 11 is 0. The summed E-state index contributed by atoms with van der Waals surface area (Å²) < 4.78 is 19.5. The predicted octanol–water partition coefficient (Wildman–Crippen LogP) is 2.87. The average Bonchev–Trinajstić information content (AvgIpc) is 3.02. The van der Waals surface area contributed by atoms with Gasteiger partial charge in [0.2, 0.25) is 5.91 Å². The number of nitrogens with zero attached hydrogens (tertiary/aromatic N) is 1. The number of halogens is 1. The van der Waals surface area contributed by atoms with E-state index in [0.717, 1.165) is 11.1 Å². The molecule has 0 aromatic heterocycles. The Morgan fingerprint density at radius 3 is 2.75 bits per heavy atom. The second-order valence-corrected chi connectivity index (χ2v) is 7.41. The Bertz CT molecular complexity index is 961. The van der Waals surface area contributed by atoms with Crippen LogP contribution in [0.4, 0.5) is 10.1 Å². The van der Waals surface area contributed by atoms with Gasteiger partial charge in [-0.3, -0.25) is 14.8 Å². The van der Waals surface area contributed by atoms with Crippen LogP contribution in [0.5, 0.6) is 5.75 Å². The Morgan fingerprint density at radius 2 is 2.04 bits per heavy atom. The highest BCUT2D eigenvalue weighted by Gasteiger charge is 2.49. The molecule has 28 heavy (non-hydrogen) atoms. The van der Waals surface area contributed by atoms with Gasteiger partial charge < -0.3 is 9.64 Å². The number of hydroxylamine groups is 1. The number of hydrogen-bond acceptors (Lipinski definition) is 4. The lowest BCUT2D eigenvalue weighted by atomic mass is 9.70. The number of carbonyl (C=O) groups excluding carboxylic acids is 2. The quantitative estimate of drug-likeness (QED) is 0.630. The first-order valence-corrected chi connectivity index (χ1v) is 9.19. The third-order valence-corrected chi connectivity index (χ3v) is 5.93. The van der Waals surface area contributed by atoms with E-state index in [4.69, 9.17) is 9.94 Å². The zero-order valence-electron chi connectivity index (χ0n) is 15.5. The van der Waals surface area contributed by atoms with Crippen molar-refractivity contribution in [3.8, 4) is 5.75 Å². The van der Waals surface area contributed by atoms with E-state index in [9.17, 15) is 14.0 Å². The molecule has 146 valence electrons. The minimum Gasteiger partial charge on any atom is -0.497 e. The van der Waals surface area contributed by atoms with Gasteiger partial charge in [-0.05, 0) is 61.1 Å². The van der Waals surface area contributed by atoms with E-state index in [1.807, 2.05) is 6.07 Å². The summed E-state index contributed by atoms with van der Waals surface area (Å²) in [6, 6.07) is 9.77. The third-order valence-electron chi connectivity index (χ3n) is 5.93. The van der Waals surface area contributed by atoms with E-state index in [1.54, 1.807) is 29.7 Å². The number of carbonyl (C=O) groups is 2. The fourth-order valence-electron chi connectivity index (χ4n) is 4.34. The molecule has 1 aliphatic heterocycles. The van der Waals surface area contributed by atoms with Crippen LogP contribution >= 0.6 is 0 Å². The van der Waals surface area contributed by atoms with Crippen LogP contribution in [0.1, 0.15) is 34.3 Å². The van der Waals surface area contributed by atoms with E-state index in [-0.39, 0.29) is 11.6 Å². The Balaban J connectivity index is 1.59. The number of anilines is 1. The second-order valence-electron chi connectivity index (χ2n) is 7.41. The van der Waals surface area contributed by atoms with Gasteiger partial charge in [-0.1, -0.05) is 6.07 Å². The molecular weight excluding hydrogens is 363 g/mol. The fourth-order valence-corrected chi connectivity index (χ4v) is 4.34. The van der Waals surface area contributed by atoms with Gasteiger partial charge >= 0.3 is 0 Å². The van der Waals surface area contributed by atoms with Gasteiger partial charge in [0.15, 0.2) is 5.82 Å². The number of nitrogens with one attached hydrogen (secondary N) is 1. The molecule has 2 amide bonds. The van der Waals surface area contributed by atoms with Crippen molar-refractivity contribution in [1.29, 1.82) is 0 Å². The Hall–Kier alpha value is -2.93. The number of hydrogen-bond donors (Lipinski definition) is 2. The molecule has 4 rings (SSSR count). The summed E-state index contributed by atoms with van der Waals surface area (Å²) in [6.45, 7) is 0.475. The Morgan fingerprint density at radius 1 is 1.21 bits per heavy atom. The summed E-state index contributed by atoms with van der Waals surface area (Å²) in [7, 11) is 1.47. The predicted molar refractivity (Wildman–Crippen MR) is 100 cm³/mol. The number of ether oxygens (including phenoxy) is 1. The van der Waals surface area contributed by atoms with E-state index >= 15 is 0 Å². The molecule has 1 spiro atoms. The molecule has 2 aromatic carbocycles. The monoisotopic (exact) mass is 384 g/mol. The molecule has 2 aliphatic rings. The van der Waals surface area contributed by atoms with Crippen molar-refractivity contribution in [2.45, 2.75) is 25.7 Å². The minimum atomic E-state index is -0.554. The SMILES string of the molecule is COc1ccc(N2CC[C@@]3(CCc4cc(C(=O)NO)ccc4C3)C2=O)c(F)c1. The highest BCUT2D eigenvalue weighted by atomic mass is 19.1. The van der Waals surface area contributed by atoms with E-state index < -0.39 is 17.1 Å². The lowest BCUT2D eigenvalue weighted by Gasteiger charge is -2.33. The molecule has 6 nitrogen and oxygen atoms in total. The lowest BCUT2D eigenvalue weighted by Crippen LogP contribution is -2.39. The standard InChI is InChI=1S/C21H21FN2O4/c1-28-16-4-5-18(17(22)11-16)24-9-8-21(20(24)26)7-6-13-10-14(19(25)23-27)2-3-15(13)12-21/h2-5,10-11,27H,6-9,12H2,1H3,(H,23,25)/t21-/m1/s1. The van der Waals surface area contributed by atoms with Crippen molar-refractivity contribution in [3.63, 3.8) is 0 Å². The van der Waals surface area contributed by atoms with Crippen molar-refractivity contribution in [2.24, 2.45) is 5.41 Å². The first-order chi connectivity index (χ1) is 13.5. The zero-order valence-corrected chi connectivity index (χ0v) is 15.5. The van der Waals surface area contributed by atoms with Crippen LogP contribution in [0.25, 0.3) is 0 Å². The van der Waals surface area contributed by atoms with Crippen LogP contribution in [0.3, 0.4) is 0 Å². The van der Waals surface area contributed by atoms with Gasteiger partial charge in [0.1, 0.15) is 5.75 Å². The molecule has 0 radical (unpaired) electrons. The summed E-state index contributed by atoms with van der Waals surface area (Å²) in [5, 5.41) is 8.80. The van der Waals surface area contributed by atoms with Crippen molar-refractivity contribution in [3.05, 3.63) is 58.9 Å². The zero-order chi connectivity index (χ0) is 19.9. The molecular formula is C21H21FN2O4. The number of benzene rings is 2. The highest BCUT2D eigenvalue weighted by molar-refractivity contribution is 6.00. The second kappa shape index (κ2) is 6.91. The smallest absolute Gasteiger partial charge is 0.274 e. The minimum absolute atomic E-state index is 0.0561. The third kappa shape index (κ3) is 2.92. The maximum atomic E-state index is 14.5. The number of aryl methyl sites for hydroxylation is 1. The molecule has 0 unspecified atom stereocenters. The Kier molecular flexibility index (Phi) is 4.55. The van der Waals surface area contributed by atoms with Crippen LogP contribution < -0.4 is 15.1 Å². The summed E-state index contributed by atoms with van der Waals surface area (Å²) in [5.41, 5.74) is 3.79. The van der Waals surface area contributed by atoms with Gasteiger partial charge in [-0.2, -0.15) is 0 Å². The summed E-state index contributed by atoms with van der Waals surface area (Å²) in [6.07, 6.45) is 2.54. The fraction of sp³-hybridized carbons (Fsp3) is 0.333.